The minimum absolute atomic E-state index is 0.591. The van der Waals surface area contributed by atoms with Crippen molar-refractivity contribution in [2.45, 2.75) is 23.9 Å². The smallest absolute Gasteiger partial charge is 0.192 e. The van der Waals surface area contributed by atoms with Crippen molar-refractivity contribution in [3.63, 3.8) is 0 Å². The molecule has 0 N–H and O–H groups in total. The molecule has 0 aliphatic heterocycles. The number of hydrogen-bond acceptors (Lipinski definition) is 5. The van der Waals surface area contributed by atoms with Gasteiger partial charge in [-0.3, -0.25) is 4.98 Å². The van der Waals surface area contributed by atoms with Crippen LogP contribution < -0.4 is 0 Å². The van der Waals surface area contributed by atoms with Crippen molar-refractivity contribution in [3.05, 3.63) is 41.5 Å². The Bertz CT molecular complexity index is 575. The highest BCUT2D eigenvalue weighted by Gasteiger charge is 2.10. The largest absolute Gasteiger partial charge is 0.257 e. The van der Waals surface area contributed by atoms with Gasteiger partial charge >= 0.3 is 0 Å². The Balaban J connectivity index is 2.43. The molecule has 2 heterocycles. The molecule has 0 aliphatic carbocycles. The summed E-state index contributed by atoms with van der Waals surface area (Å²) in [6, 6.07) is 5.82. The zero-order valence-corrected chi connectivity index (χ0v) is 10.3. The molecular formula is C12H10N4S. The zero-order valence-electron chi connectivity index (χ0n) is 9.51. The van der Waals surface area contributed by atoms with Gasteiger partial charge in [0, 0.05) is 23.0 Å². The summed E-state index contributed by atoms with van der Waals surface area (Å²) < 4.78 is 0. The molecule has 84 valence electrons. The van der Waals surface area contributed by atoms with E-state index in [1.54, 1.807) is 18.5 Å². The molecule has 0 bridgehead atoms. The lowest BCUT2D eigenvalue weighted by atomic mass is 10.2. The molecule has 0 spiro atoms. The summed E-state index contributed by atoms with van der Waals surface area (Å²) >= 11 is 1.38. The molecule has 0 atom stereocenters. The summed E-state index contributed by atoms with van der Waals surface area (Å²) in [4.78, 5) is 13.4. The van der Waals surface area contributed by atoms with Gasteiger partial charge in [0.05, 0.1) is 11.3 Å². The van der Waals surface area contributed by atoms with Crippen molar-refractivity contribution in [3.8, 4) is 6.07 Å². The highest BCUT2D eigenvalue weighted by atomic mass is 32.2. The number of rotatable bonds is 2. The number of nitriles is 1. The average Bonchev–Trinajstić information content (AvgIpc) is 2.30. The predicted molar refractivity (Wildman–Crippen MR) is 64.6 cm³/mol. The van der Waals surface area contributed by atoms with Gasteiger partial charge in [-0.25, -0.2) is 9.97 Å². The lowest BCUT2D eigenvalue weighted by Crippen LogP contribution is -1.95. The van der Waals surface area contributed by atoms with Gasteiger partial charge in [-0.1, -0.05) is 0 Å². The second-order valence-electron chi connectivity index (χ2n) is 3.47. The number of aromatic nitrogens is 3. The van der Waals surface area contributed by atoms with Crippen molar-refractivity contribution in [1.82, 2.24) is 15.0 Å². The van der Waals surface area contributed by atoms with E-state index < -0.39 is 0 Å². The fraction of sp³-hybridized carbons (Fsp3) is 0.167. The van der Waals surface area contributed by atoms with Crippen LogP contribution in [-0.4, -0.2) is 15.0 Å². The molecule has 0 unspecified atom stereocenters. The molecule has 2 rings (SSSR count). The maximum Gasteiger partial charge on any atom is 0.192 e. The Morgan fingerprint density at radius 1 is 1.24 bits per heavy atom. The van der Waals surface area contributed by atoms with Gasteiger partial charge in [0.2, 0.25) is 0 Å². The third kappa shape index (κ3) is 2.60. The van der Waals surface area contributed by atoms with Crippen LogP contribution in [0.3, 0.4) is 0 Å². The number of aryl methyl sites for hydroxylation is 2. The van der Waals surface area contributed by atoms with Crippen molar-refractivity contribution in [2.24, 2.45) is 0 Å². The van der Waals surface area contributed by atoms with Gasteiger partial charge in [-0.15, -0.1) is 0 Å². The standard InChI is InChI=1S/C12H10N4S/c1-8-6-11(10(7-13)9(2)16-8)17-12-14-4-3-5-15-12/h3-6H,1-2H3. The topological polar surface area (TPSA) is 62.5 Å². The molecule has 2 aromatic heterocycles. The minimum atomic E-state index is 0.591. The van der Waals surface area contributed by atoms with Crippen LogP contribution >= 0.6 is 11.8 Å². The highest BCUT2D eigenvalue weighted by molar-refractivity contribution is 7.99. The van der Waals surface area contributed by atoms with Crippen LogP contribution in [0, 0.1) is 25.2 Å². The minimum Gasteiger partial charge on any atom is -0.257 e. The van der Waals surface area contributed by atoms with E-state index in [2.05, 4.69) is 21.0 Å². The first-order valence-electron chi connectivity index (χ1n) is 5.04. The summed E-state index contributed by atoms with van der Waals surface area (Å²) in [6.45, 7) is 3.74. The van der Waals surface area contributed by atoms with Crippen LogP contribution in [0.5, 0.6) is 0 Å². The average molecular weight is 242 g/mol. The molecule has 0 aromatic carbocycles. The first-order chi connectivity index (χ1) is 8.20. The van der Waals surface area contributed by atoms with E-state index in [-0.39, 0.29) is 0 Å². The predicted octanol–water partition coefficient (Wildman–Crippen LogP) is 2.51. The van der Waals surface area contributed by atoms with E-state index in [0.717, 1.165) is 16.3 Å². The quantitative estimate of drug-likeness (QED) is 0.757. The van der Waals surface area contributed by atoms with Gasteiger partial charge in [-0.05, 0) is 37.7 Å². The van der Waals surface area contributed by atoms with Crippen LogP contribution in [0.15, 0.2) is 34.6 Å². The molecule has 4 nitrogen and oxygen atoms in total. The third-order valence-electron chi connectivity index (χ3n) is 2.15. The van der Waals surface area contributed by atoms with Gasteiger partial charge in [-0.2, -0.15) is 5.26 Å². The Labute approximate surface area is 104 Å². The maximum atomic E-state index is 9.12. The molecule has 17 heavy (non-hydrogen) atoms. The second-order valence-corrected chi connectivity index (χ2v) is 4.48. The first-order valence-corrected chi connectivity index (χ1v) is 5.85. The van der Waals surface area contributed by atoms with Crippen LogP contribution in [0.2, 0.25) is 0 Å². The lowest BCUT2D eigenvalue weighted by molar-refractivity contribution is 0.963. The van der Waals surface area contributed by atoms with Crippen molar-refractivity contribution in [1.29, 1.82) is 5.26 Å². The monoisotopic (exact) mass is 242 g/mol. The van der Waals surface area contributed by atoms with Gasteiger partial charge in [0.15, 0.2) is 5.16 Å². The van der Waals surface area contributed by atoms with E-state index in [1.165, 1.54) is 11.8 Å². The summed E-state index contributed by atoms with van der Waals surface area (Å²) in [5, 5.41) is 9.76. The van der Waals surface area contributed by atoms with E-state index in [1.807, 2.05) is 19.9 Å². The van der Waals surface area contributed by atoms with Gasteiger partial charge in [0.1, 0.15) is 6.07 Å². The Morgan fingerprint density at radius 3 is 2.59 bits per heavy atom. The second kappa shape index (κ2) is 4.93. The van der Waals surface area contributed by atoms with Crippen molar-refractivity contribution < 1.29 is 0 Å². The molecule has 5 heteroatoms. The fourth-order valence-electron chi connectivity index (χ4n) is 1.45. The Kier molecular flexibility index (Phi) is 3.35. The molecule has 0 aliphatic rings. The maximum absolute atomic E-state index is 9.12. The first kappa shape index (κ1) is 11.6. The Hall–Kier alpha value is -1.93. The van der Waals surface area contributed by atoms with Gasteiger partial charge in [0.25, 0.3) is 0 Å². The number of pyridine rings is 1. The molecule has 0 saturated carbocycles. The lowest BCUT2D eigenvalue weighted by Gasteiger charge is -2.06. The summed E-state index contributed by atoms with van der Waals surface area (Å²) in [5.41, 5.74) is 2.22. The van der Waals surface area contributed by atoms with Crippen molar-refractivity contribution in [2.75, 3.05) is 0 Å². The number of hydrogen-bond donors (Lipinski definition) is 0. The summed E-state index contributed by atoms with van der Waals surface area (Å²) in [6.07, 6.45) is 3.37. The van der Waals surface area contributed by atoms with E-state index >= 15 is 0 Å². The zero-order chi connectivity index (χ0) is 12.3. The van der Waals surface area contributed by atoms with Crippen LogP contribution in [0.4, 0.5) is 0 Å². The summed E-state index contributed by atoms with van der Waals surface area (Å²) in [5.74, 6) is 0. The summed E-state index contributed by atoms with van der Waals surface area (Å²) in [7, 11) is 0. The van der Waals surface area contributed by atoms with E-state index in [0.29, 0.717) is 10.7 Å². The molecule has 0 radical (unpaired) electrons. The highest BCUT2D eigenvalue weighted by Crippen LogP contribution is 2.28. The van der Waals surface area contributed by atoms with Gasteiger partial charge < -0.3 is 0 Å². The molecular weight excluding hydrogens is 232 g/mol. The third-order valence-corrected chi connectivity index (χ3v) is 3.08. The van der Waals surface area contributed by atoms with Crippen LogP contribution in [0.25, 0.3) is 0 Å². The number of nitrogens with zero attached hydrogens (tertiary/aromatic N) is 4. The normalized spacial score (nSPS) is 9.94. The van der Waals surface area contributed by atoms with Crippen LogP contribution in [-0.2, 0) is 0 Å². The van der Waals surface area contributed by atoms with E-state index in [4.69, 9.17) is 5.26 Å². The fourth-order valence-corrected chi connectivity index (χ4v) is 2.39. The molecule has 0 saturated heterocycles. The molecule has 0 fully saturated rings. The van der Waals surface area contributed by atoms with E-state index in [9.17, 15) is 0 Å². The van der Waals surface area contributed by atoms with Crippen LogP contribution in [0.1, 0.15) is 17.0 Å². The molecule has 2 aromatic rings. The SMILES string of the molecule is Cc1cc(Sc2ncccn2)c(C#N)c(C)n1. The van der Waals surface area contributed by atoms with Crippen molar-refractivity contribution >= 4 is 11.8 Å². The molecule has 0 amide bonds. The Morgan fingerprint density at radius 2 is 1.94 bits per heavy atom.